The molecule has 27 heavy (non-hydrogen) atoms. The summed E-state index contributed by atoms with van der Waals surface area (Å²) in [4.78, 5) is 12.1. The number of nitrogen functional groups attached to an aromatic ring is 1. The highest BCUT2D eigenvalue weighted by Crippen LogP contribution is 2.29. The molecule has 0 aliphatic rings. The van der Waals surface area contributed by atoms with Crippen LogP contribution < -0.4 is 11.2 Å². The van der Waals surface area contributed by atoms with Gasteiger partial charge in [0.25, 0.3) is 0 Å². The van der Waals surface area contributed by atoms with Crippen LogP contribution in [-0.4, -0.2) is 26.5 Å². The molecule has 11 heteroatoms. The minimum absolute atomic E-state index is 0.0651. The lowest BCUT2D eigenvalue weighted by Gasteiger charge is -2.07. The highest BCUT2D eigenvalue weighted by Gasteiger charge is 2.15. The number of benzene rings is 2. The summed E-state index contributed by atoms with van der Waals surface area (Å²) >= 11 is 24.9. The summed E-state index contributed by atoms with van der Waals surface area (Å²) in [7, 11) is 0. The summed E-state index contributed by atoms with van der Waals surface area (Å²) in [6.45, 7) is 0. The maximum Gasteiger partial charge on any atom is 0.234 e. The van der Waals surface area contributed by atoms with Crippen LogP contribution in [0.25, 0.3) is 11.4 Å². The zero-order valence-corrected chi connectivity index (χ0v) is 17.3. The fourth-order valence-electron chi connectivity index (χ4n) is 2.11. The van der Waals surface area contributed by atoms with Gasteiger partial charge in [-0.1, -0.05) is 58.2 Å². The minimum Gasteiger partial charge on any atom is -0.335 e. The van der Waals surface area contributed by atoms with Crippen molar-refractivity contribution in [2.24, 2.45) is 0 Å². The lowest BCUT2D eigenvalue weighted by Crippen LogP contribution is -2.16. The van der Waals surface area contributed by atoms with E-state index < -0.39 is 0 Å². The first-order valence-electron chi connectivity index (χ1n) is 7.39. The van der Waals surface area contributed by atoms with E-state index in [0.29, 0.717) is 42.3 Å². The van der Waals surface area contributed by atoms with Crippen molar-refractivity contribution in [2.45, 2.75) is 5.16 Å². The van der Waals surface area contributed by atoms with Crippen molar-refractivity contribution < 1.29 is 4.79 Å². The fourth-order valence-corrected chi connectivity index (χ4v) is 3.53. The Hall–Kier alpha value is -1.64. The van der Waals surface area contributed by atoms with Crippen LogP contribution in [0, 0.1) is 0 Å². The SMILES string of the molecule is Nn1c(SCC(=O)Nc2ccc(Cl)cc2Cl)nnc1-c1ccc(Cl)c(Cl)c1. The van der Waals surface area contributed by atoms with E-state index >= 15 is 0 Å². The van der Waals surface area contributed by atoms with E-state index in [4.69, 9.17) is 52.2 Å². The molecule has 1 heterocycles. The predicted molar refractivity (Wildman–Crippen MR) is 111 cm³/mol. The summed E-state index contributed by atoms with van der Waals surface area (Å²) in [6.07, 6.45) is 0. The van der Waals surface area contributed by atoms with Gasteiger partial charge in [-0.05, 0) is 36.4 Å². The van der Waals surface area contributed by atoms with Crippen molar-refractivity contribution in [1.29, 1.82) is 0 Å². The van der Waals surface area contributed by atoms with Crippen molar-refractivity contribution in [1.82, 2.24) is 14.9 Å². The number of aromatic nitrogens is 3. The van der Waals surface area contributed by atoms with Gasteiger partial charge < -0.3 is 11.2 Å². The number of hydrogen-bond donors (Lipinski definition) is 2. The minimum atomic E-state index is -0.275. The Bertz CT molecular complexity index is 1010. The molecule has 0 unspecified atom stereocenters. The van der Waals surface area contributed by atoms with Gasteiger partial charge >= 0.3 is 0 Å². The number of nitrogens with one attached hydrogen (secondary N) is 1. The summed E-state index contributed by atoms with van der Waals surface area (Å²) in [5.74, 6) is 6.22. The zero-order valence-electron chi connectivity index (χ0n) is 13.4. The molecular formula is C16H11Cl4N5OS. The van der Waals surface area contributed by atoms with Crippen molar-refractivity contribution in [2.75, 3.05) is 16.9 Å². The Balaban J connectivity index is 1.67. The molecule has 0 saturated heterocycles. The Morgan fingerprint density at radius 1 is 1.04 bits per heavy atom. The predicted octanol–water partition coefficient (Wildman–Crippen LogP) is 5.00. The Morgan fingerprint density at radius 2 is 1.81 bits per heavy atom. The standard InChI is InChI=1S/C16H11Cl4N5OS/c17-9-2-4-13(12(20)6-9)22-14(26)7-27-16-24-23-15(25(16)21)8-1-3-10(18)11(19)5-8/h1-6H,7,21H2,(H,22,26). The molecule has 0 bridgehead atoms. The van der Waals surface area contributed by atoms with Crippen LogP contribution in [0.2, 0.25) is 20.1 Å². The second-order valence-corrected chi connectivity index (χ2v) is 7.87. The van der Waals surface area contributed by atoms with Gasteiger partial charge in [0.1, 0.15) is 0 Å². The van der Waals surface area contributed by atoms with E-state index in [-0.39, 0.29) is 11.7 Å². The monoisotopic (exact) mass is 461 g/mol. The van der Waals surface area contributed by atoms with E-state index in [9.17, 15) is 4.79 Å². The molecule has 3 N–H and O–H groups in total. The first-order chi connectivity index (χ1) is 12.8. The smallest absolute Gasteiger partial charge is 0.234 e. The van der Waals surface area contributed by atoms with Crippen molar-refractivity contribution in [3.63, 3.8) is 0 Å². The maximum absolute atomic E-state index is 12.1. The number of hydrogen-bond acceptors (Lipinski definition) is 5. The van der Waals surface area contributed by atoms with Crippen LogP contribution in [0.4, 0.5) is 5.69 Å². The number of amides is 1. The fraction of sp³-hybridized carbons (Fsp3) is 0.0625. The van der Waals surface area contributed by atoms with Crippen LogP contribution in [-0.2, 0) is 4.79 Å². The summed E-state index contributed by atoms with van der Waals surface area (Å²) in [5.41, 5.74) is 1.13. The third kappa shape index (κ3) is 4.80. The number of thioether (sulfide) groups is 1. The first-order valence-corrected chi connectivity index (χ1v) is 9.88. The molecule has 3 rings (SSSR count). The van der Waals surface area contributed by atoms with Gasteiger partial charge in [0, 0.05) is 10.6 Å². The highest BCUT2D eigenvalue weighted by molar-refractivity contribution is 7.99. The van der Waals surface area contributed by atoms with Crippen LogP contribution in [0.3, 0.4) is 0 Å². The molecule has 140 valence electrons. The number of carbonyl (C=O) groups is 1. The van der Waals surface area contributed by atoms with Crippen LogP contribution in [0.1, 0.15) is 0 Å². The number of nitrogens with zero attached hydrogens (tertiary/aromatic N) is 3. The van der Waals surface area contributed by atoms with Crippen LogP contribution >= 0.6 is 58.2 Å². The van der Waals surface area contributed by atoms with Gasteiger partial charge in [0.05, 0.1) is 26.5 Å². The lowest BCUT2D eigenvalue weighted by molar-refractivity contribution is -0.113. The quantitative estimate of drug-likeness (QED) is 0.411. The normalized spacial score (nSPS) is 10.8. The topological polar surface area (TPSA) is 85.8 Å². The molecule has 0 atom stereocenters. The first kappa shape index (κ1) is 20.1. The summed E-state index contributed by atoms with van der Waals surface area (Å²) < 4.78 is 1.28. The third-order valence-corrected chi connectivity index (χ3v) is 5.61. The Labute approximate surface area is 178 Å². The average molecular weight is 463 g/mol. The van der Waals surface area contributed by atoms with Crippen molar-refractivity contribution >= 4 is 69.8 Å². The number of rotatable bonds is 5. The second kappa shape index (κ2) is 8.58. The van der Waals surface area contributed by atoms with Crippen LogP contribution in [0.15, 0.2) is 41.6 Å². The van der Waals surface area contributed by atoms with Crippen molar-refractivity contribution in [3.8, 4) is 11.4 Å². The number of anilines is 1. The molecule has 2 aromatic carbocycles. The van der Waals surface area contributed by atoms with Crippen LogP contribution in [0.5, 0.6) is 0 Å². The van der Waals surface area contributed by atoms with Gasteiger partial charge in [0.2, 0.25) is 11.1 Å². The molecule has 0 saturated carbocycles. The van der Waals surface area contributed by atoms with E-state index in [1.165, 1.54) is 4.68 Å². The van der Waals surface area contributed by atoms with Gasteiger partial charge in [-0.25, -0.2) is 4.68 Å². The average Bonchev–Trinajstić information content (AvgIpc) is 2.99. The Morgan fingerprint density at radius 3 is 2.52 bits per heavy atom. The molecule has 1 amide bonds. The van der Waals surface area contributed by atoms with E-state index in [0.717, 1.165) is 11.8 Å². The molecule has 1 aromatic heterocycles. The zero-order chi connectivity index (χ0) is 19.6. The van der Waals surface area contributed by atoms with Gasteiger partial charge in [0.15, 0.2) is 5.82 Å². The summed E-state index contributed by atoms with van der Waals surface area (Å²) in [5, 5.41) is 12.8. The highest BCUT2D eigenvalue weighted by atomic mass is 35.5. The van der Waals surface area contributed by atoms with Gasteiger partial charge in [-0.3, -0.25) is 4.79 Å². The molecule has 0 radical (unpaired) electrons. The second-order valence-electron chi connectivity index (χ2n) is 5.27. The molecule has 0 fully saturated rings. The largest absolute Gasteiger partial charge is 0.335 e. The maximum atomic E-state index is 12.1. The third-order valence-electron chi connectivity index (χ3n) is 3.38. The molecule has 0 spiro atoms. The number of carbonyl (C=O) groups excluding carboxylic acids is 1. The van der Waals surface area contributed by atoms with E-state index in [1.807, 2.05) is 0 Å². The molecular weight excluding hydrogens is 452 g/mol. The van der Waals surface area contributed by atoms with Gasteiger partial charge in [-0.15, -0.1) is 10.2 Å². The molecule has 6 nitrogen and oxygen atoms in total. The summed E-state index contributed by atoms with van der Waals surface area (Å²) in [6, 6.07) is 9.82. The van der Waals surface area contributed by atoms with Gasteiger partial charge in [-0.2, -0.15) is 0 Å². The number of halogens is 4. The molecule has 3 aromatic rings. The van der Waals surface area contributed by atoms with E-state index in [2.05, 4.69) is 15.5 Å². The number of nitrogens with two attached hydrogens (primary N) is 1. The van der Waals surface area contributed by atoms with Crippen molar-refractivity contribution in [3.05, 3.63) is 56.5 Å². The van der Waals surface area contributed by atoms with E-state index in [1.54, 1.807) is 36.4 Å². The molecule has 0 aliphatic carbocycles. The molecule has 0 aliphatic heterocycles. The Kier molecular flexibility index (Phi) is 6.39. The lowest BCUT2D eigenvalue weighted by atomic mass is 10.2.